The summed E-state index contributed by atoms with van der Waals surface area (Å²) in [6, 6.07) is 17.1. The Morgan fingerprint density at radius 2 is 1.86 bits per heavy atom. The first-order chi connectivity index (χ1) is 14.1. The number of carbonyl (C=O) groups excluding carboxylic acids is 2. The summed E-state index contributed by atoms with van der Waals surface area (Å²) >= 11 is 0.900. The molecule has 4 rings (SSSR count). The molecule has 2 amide bonds. The molecule has 0 bridgehead atoms. The van der Waals surface area contributed by atoms with Gasteiger partial charge in [0.25, 0.3) is 11.1 Å². The molecule has 7 heteroatoms. The van der Waals surface area contributed by atoms with Gasteiger partial charge in [0.05, 0.1) is 17.2 Å². The number of carbonyl (C=O) groups is 2. The lowest BCUT2D eigenvalue weighted by atomic mass is 10.2. The maximum absolute atomic E-state index is 11.6. The third kappa shape index (κ3) is 4.57. The number of oxazole rings is 1. The van der Waals surface area contributed by atoms with Gasteiger partial charge >= 0.3 is 0 Å². The van der Waals surface area contributed by atoms with E-state index in [-0.39, 0.29) is 11.1 Å². The molecule has 146 valence electrons. The number of benzene rings is 2. The zero-order valence-corrected chi connectivity index (χ0v) is 16.5. The smallest absolute Gasteiger partial charge is 0.290 e. The molecular formula is C22H18N2O4S. The first-order valence-electron chi connectivity index (χ1n) is 9.08. The Balaban J connectivity index is 1.34. The summed E-state index contributed by atoms with van der Waals surface area (Å²) in [4.78, 5) is 27.8. The van der Waals surface area contributed by atoms with Gasteiger partial charge in [0.1, 0.15) is 11.5 Å². The lowest BCUT2D eigenvalue weighted by Gasteiger charge is -2.05. The van der Waals surface area contributed by atoms with Gasteiger partial charge in [0.2, 0.25) is 5.89 Å². The zero-order chi connectivity index (χ0) is 20.2. The number of hydrogen-bond donors (Lipinski definition) is 1. The van der Waals surface area contributed by atoms with Crippen molar-refractivity contribution in [3.63, 3.8) is 0 Å². The van der Waals surface area contributed by atoms with E-state index in [1.165, 1.54) is 0 Å². The highest BCUT2D eigenvalue weighted by atomic mass is 32.2. The lowest BCUT2D eigenvalue weighted by Crippen LogP contribution is -2.17. The van der Waals surface area contributed by atoms with Crippen LogP contribution in [-0.2, 0) is 11.2 Å². The fourth-order valence-corrected chi connectivity index (χ4v) is 3.54. The lowest BCUT2D eigenvalue weighted by molar-refractivity contribution is -0.115. The van der Waals surface area contributed by atoms with Crippen molar-refractivity contribution in [2.24, 2.45) is 0 Å². The molecule has 29 heavy (non-hydrogen) atoms. The van der Waals surface area contributed by atoms with Gasteiger partial charge in [-0.2, -0.15) is 0 Å². The van der Waals surface area contributed by atoms with Gasteiger partial charge in [-0.05, 0) is 54.6 Å². The molecule has 1 aromatic heterocycles. The Bertz CT molecular complexity index is 1070. The predicted octanol–water partition coefficient (Wildman–Crippen LogP) is 4.60. The van der Waals surface area contributed by atoms with Crippen LogP contribution in [0.25, 0.3) is 17.5 Å². The Hall–Kier alpha value is -3.32. The highest BCUT2D eigenvalue weighted by Gasteiger charge is 2.24. The average molecular weight is 406 g/mol. The van der Waals surface area contributed by atoms with Crippen LogP contribution in [0.1, 0.15) is 17.0 Å². The number of imide groups is 1. The largest absolute Gasteiger partial charge is 0.493 e. The Morgan fingerprint density at radius 3 is 2.55 bits per heavy atom. The van der Waals surface area contributed by atoms with Crippen molar-refractivity contribution in [3.8, 4) is 17.2 Å². The van der Waals surface area contributed by atoms with E-state index in [1.807, 2.05) is 61.5 Å². The number of hydrogen-bond acceptors (Lipinski definition) is 6. The molecule has 2 aromatic carbocycles. The van der Waals surface area contributed by atoms with Crippen molar-refractivity contribution in [1.29, 1.82) is 0 Å². The minimum atomic E-state index is -0.363. The molecule has 1 fully saturated rings. The number of aryl methyl sites for hydroxylation is 1. The number of amides is 2. The third-order valence-corrected chi connectivity index (χ3v) is 5.15. The van der Waals surface area contributed by atoms with Gasteiger partial charge < -0.3 is 9.15 Å². The zero-order valence-electron chi connectivity index (χ0n) is 15.7. The van der Waals surface area contributed by atoms with Crippen LogP contribution in [0.15, 0.2) is 63.9 Å². The number of aromatic nitrogens is 1. The standard InChI is InChI=1S/C22H18N2O4S/c1-14-18(23-21(28-14)16-5-3-2-4-6-16)11-12-27-17-9-7-15(8-10-17)13-19-20(25)24-22(26)29-19/h2-10,13H,11-12H2,1H3,(H,24,25,26). The quantitative estimate of drug-likeness (QED) is 0.603. The molecule has 1 N–H and O–H groups in total. The number of ether oxygens (including phenoxy) is 1. The number of nitrogens with zero attached hydrogens (tertiary/aromatic N) is 1. The van der Waals surface area contributed by atoms with E-state index in [2.05, 4.69) is 10.3 Å². The normalized spacial score (nSPS) is 15.0. The maximum Gasteiger partial charge on any atom is 0.290 e. The van der Waals surface area contributed by atoms with Crippen molar-refractivity contribution in [1.82, 2.24) is 10.3 Å². The molecule has 0 spiro atoms. The third-order valence-electron chi connectivity index (χ3n) is 4.34. The second-order valence-corrected chi connectivity index (χ2v) is 7.42. The average Bonchev–Trinajstić information content (AvgIpc) is 3.25. The van der Waals surface area contributed by atoms with Gasteiger partial charge in [-0.1, -0.05) is 30.3 Å². The van der Waals surface area contributed by atoms with Crippen LogP contribution in [0.2, 0.25) is 0 Å². The van der Waals surface area contributed by atoms with E-state index >= 15 is 0 Å². The van der Waals surface area contributed by atoms with Gasteiger partial charge in [-0.15, -0.1) is 0 Å². The van der Waals surface area contributed by atoms with Crippen molar-refractivity contribution in [2.75, 3.05) is 6.61 Å². The van der Waals surface area contributed by atoms with Gasteiger partial charge in [0.15, 0.2) is 0 Å². The minimum Gasteiger partial charge on any atom is -0.493 e. The monoisotopic (exact) mass is 406 g/mol. The summed E-state index contributed by atoms with van der Waals surface area (Å²) in [6.07, 6.45) is 2.31. The highest BCUT2D eigenvalue weighted by Crippen LogP contribution is 2.26. The van der Waals surface area contributed by atoms with Crippen molar-refractivity contribution in [3.05, 3.63) is 76.5 Å². The van der Waals surface area contributed by atoms with Crippen LogP contribution < -0.4 is 10.1 Å². The molecule has 1 saturated heterocycles. The van der Waals surface area contributed by atoms with Crippen LogP contribution in [-0.4, -0.2) is 22.7 Å². The molecule has 3 aromatic rings. The van der Waals surface area contributed by atoms with Crippen molar-refractivity contribution < 1.29 is 18.7 Å². The fourth-order valence-electron chi connectivity index (χ4n) is 2.86. The topological polar surface area (TPSA) is 81.4 Å². The van der Waals surface area contributed by atoms with E-state index in [9.17, 15) is 9.59 Å². The molecule has 0 aliphatic carbocycles. The van der Waals surface area contributed by atoms with E-state index in [0.717, 1.165) is 40.1 Å². The first-order valence-corrected chi connectivity index (χ1v) is 9.89. The molecule has 0 unspecified atom stereocenters. The summed E-state index contributed by atoms with van der Waals surface area (Å²) in [7, 11) is 0. The number of nitrogens with one attached hydrogen (secondary N) is 1. The minimum absolute atomic E-state index is 0.347. The number of rotatable bonds is 6. The predicted molar refractivity (Wildman–Crippen MR) is 111 cm³/mol. The summed E-state index contributed by atoms with van der Waals surface area (Å²) < 4.78 is 11.6. The molecule has 0 saturated carbocycles. The Morgan fingerprint density at radius 1 is 1.10 bits per heavy atom. The van der Waals surface area contributed by atoms with Crippen molar-refractivity contribution >= 4 is 29.0 Å². The second-order valence-electron chi connectivity index (χ2n) is 6.41. The molecule has 0 radical (unpaired) electrons. The van der Waals surface area contributed by atoms with E-state index in [0.29, 0.717) is 23.8 Å². The summed E-state index contributed by atoms with van der Waals surface area (Å²) in [5, 5.41) is 1.89. The van der Waals surface area contributed by atoms with Crippen LogP contribution in [0.5, 0.6) is 5.75 Å². The maximum atomic E-state index is 11.6. The number of thioether (sulfide) groups is 1. The molecule has 1 aliphatic heterocycles. The van der Waals surface area contributed by atoms with E-state index in [4.69, 9.17) is 9.15 Å². The molecule has 1 aliphatic rings. The van der Waals surface area contributed by atoms with Crippen LogP contribution in [0, 0.1) is 6.92 Å². The Labute approximate surface area is 172 Å². The fraction of sp³-hybridized carbons (Fsp3) is 0.136. The molecular weight excluding hydrogens is 388 g/mol. The first kappa shape index (κ1) is 19.0. The van der Waals surface area contributed by atoms with E-state index < -0.39 is 0 Å². The van der Waals surface area contributed by atoms with Gasteiger partial charge in [-0.3, -0.25) is 14.9 Å². The SMILES string of the molecule is Cc1oc(-c2ccccc2)nc1CCOc1ccc(C=C2SC(=O)NC2=O)cc1. The Kier molecular flexibility index (Phi) is 5.48. The highest BCUT2D eigenvalue weighted by molar-refractivity contribution is 8.18. The van der Waals surface area contributed by atoms with Crippen LogP contribution in [0.4, 0.5) is 4.79 Å². The molecule has 6 nitrogen and oxygen atoms in total. The summed E-state index contributed by atoms with van der Waals surface area (Å²) in [5.41, 5.74) is 2.65. The summed E-state index contributed by atoms with van der Waals surface area (Å²) in [5.74, 6) is 1.76. The molecule has 2 heterocycles. The second kappa shape index (κ2) is 8.36. The summed E-state index contributed by atoms with van der Waals surface area (Å²) in [6.45, 7) is 2.37. The van der Waals surface area contributed by atoms with Crippen LogP contribution in [0.3, 0.4) is 0 Å². The molecule has 0 atom stereocenters. The van der Waals surface area contributed by atoms with Crippen LogP contribution >= 0.6 is 11.8 Å². The van der Waals surface area contributed by atoms with Gasteiger partial charge in [0, 0.05) is 12.0 Å². The van der Waals surface area contributed by atoms with Crippen molar-refractivity contribution in [2.45, 2.75) is 13.3 Å². The van der Waals surface area contributed by atoms with Gasteiger partial charge in [-0.25, -0.2) is 4.98 Å². The van der Waals surface area contributed by atoms with E-state index in [1.54, 1.807) is 6.08 Å².